The fourth-order valence-corrected chi connectivity index (χ4v) is 6.52. The van der Waals surface area contributed by atoms with Crippen molar-refractivity contribution in [3.05, 3.63) is 87.2 Å². The van der Waals surface area contributed by atoms with Gasteiger partial charge in [0.1, 0.15) is 6.07 Å². The molecule has 0 spiro atoms. The van der Waals surface area contributed by atoms with Crippen molar-refractivity contribution in [1.29, 1.82) is 5.26 Å². The standard InChI is InChI=1S/C29H33ClN4/c1-20-6-4-5-7-22(20)10-12-29(16-27(29)23-8-9-24(17-31)28(30)15-23)25-11-13-34(18-25)19-26-14-21(2)32-33(26)3/h4-9,14-15,25,27H,10-13,16,18-19H2,1-3H3/t25-,27?,29?/m0/s1. The maximum absolute atomic E-state index is 9.30. The van der Waals surface area contributed by atoms with Gasteiger partial charge in [-0.3, -0.25) is 9.58 Å². The highest BCUT2D eigenvalue weighted by Gasteiger charge is 2.59. The van der Waals surface area contributed by atoms with Crippen molar-refractivity contribution >= 4 is 11.6 Å². The first-order valence-electron chi connectivity index (χ1n) is 12.4. The fourth-order valence-electron chi connectivity index (χ4n) is 6.29. The van der Waals surface area contributed by atoms with Crippen LogP contribution in [0.3, 0.4) is 0 Å². The highest BCUT2D eigenvalue weighted by atomic mass is 35.5. The third-order valence-electron chi connectivity index (χ3n) is 8.32. The molecule has 4 nitrogen and oxygen atoms in total. The Morgan fingerprint density at radius 2 is 2.00 bits per heavy atom. The smallest absolute Gasteiger partial charge is 0.101 e. The molecule has 5 heteroatoms. The Bertz CT molecular complexity index is 1240. The van der Waals surface area contributed by atoms with E-state index >= 15 is 0 Å². The molecule has 0 amide bonds. The number of benzene rings is 2. The fraction of sp³-hybridized carbons (Fsp3) is 0.448. The molecule has 2 aromatic carbocycles. The van der Waals surface area contributed by atoms with E-state index in [1.807, 2.05) is 23.9 Å². The van der Waals surface area contributed by atoms with Crippen LogP contribution in [0.1, 0.15) is 58.8 Å². The van der Waals surface area contributed by atoms with Crippen molar-refractivity contribution in [1.82, 2.24) is 14.7 Å². The van der Waals surface area contributed by atoms with Gasteiger partial charge >= 0.3 is 0 Å². The van der Waals surface area contributed by atoms with Gasteiger partial charge in [0.15, 0.2) is 0 Å². The van der Waals surface area contributed by atoms with Gasteiger partial charge < -0.3 is 0 Å². The molecule has 0 N–H and O–H groups in total. The molecule has 1 aromatic heterocycles. The van der Waals surface area contributed by atoms with Crippen LogP contribution in [0.5, 0.6) is 0 Å². The van der Waals surface area contributed by atoms with E-state index < -0.39 is 0 Å². The maximum atomic E-state index is 9.30. The summed E-state index contributed by atoms with van der Waals surface area (Å²) in [5.74, 6) is 1.19. The number of rotatable bonds is 7. The van der Waals surface area contributed by atoms with Gasteiger partial charge in [-0.25, -0.2) is 0 Å². The Morgan fingerprint density at radius 3 is 2.71 bits per heavy atom. The summed E-state index contributed by atoms with van der Waals surface area (Å²) >= 11 is 6.44. The normalized spacial score (nSPS) is 24.3. The zero-order valence-electron chi connectivity index (χ0n) is 20.4. The minimum absolute atomic E-state index is 0.302. The van der Waals surface area contributed by atoms with Crippen LogP contribution in [-0.2, 0) is 20.0 Å². The number of hydrogen-bond donors (Lipinski definition) is 0. The van der Waals surface area contributed by atoms with Gasteiger partial charge in [-0.15, -0.1) is 0 Å². The summed E-state index contributed by atoms with van der Waals surface area (Å²) in [5, 5.41) is 14.4. The third-order valence-corrected chi connectivity index (χ3v) is 8.64. The minimum Gasteiger partial charge on any atom is -0.297 e. The molecule has 2 heterocycles. The highest BCUT2D eigenvalue weighted by molar-refractivity contribution is 6.31. The molecule has 1 saturated heterocycles. The van der Waals surface area contributed by atoms with Gasteiger partial charge in [0.05, 0.1) is 22.0 Å². The zero-order chi connectivity index (χ0) is 23.9. The average Bonchev–Trinajstić information content (AvgIpc) is 3.20. The molecule has 34 heavy (non-hydrogen) atoms. The van der Waals surface area contributed by atoms with E-state index in [1.165, 1.54) is 41.6 Å². The number of hydrogen-bond acceptors (Lipinski definition) is 3. The molecule has 2 aliphatic rings. The van der Waals surface area contributed by atoms with Crippen LogP contribution in [0, 0.1) is 36.5 Å². The molecule has 2 unspecified atom stereocenters. The molecule has 1 aliphatic heterocycles. The van der Waals surface area contributed by atoms with Crippen LogP contribution >= 0.6 is 11.6 Å². The zero-order valence-corrected chi connectivity index (χ0v) is 21.1. The van der Waals surface area contributed by atoms with E-state index in [0.717, 1.165) is 31.7 Å². The van der Waals surface area contributed by atoms with Gasteiger partial charge in [-0.05, 0) is 98.2 Å². The van der Waals surface area contributed by atoms with Gasteiger partial charge in [-0.1, -0.05) is 41.9 Å². The Morgan fingerprint density at radius 1 is 1.18 bits per heavy atom. The van der Waals surface area contributed by atoms with Crippen LogP contribution in [0.4, 0.5) is 0 Å². The number of nitriles is 1. The maximum Gasteiger partial charge on any atom is 0.101 e. The molecule has 176 valence electrons. The van der Waals surface area contributed by atoms with Crippen molar-refractivity contribution in [3.8, 4) is 6.07 Å². The number of likely N-dealkylation sites (tertiary alicyclic amines) is 1. The van der Waals surface area contributed by atoms with Crippen molar-refractivity contribution < 1.29 is 0 Å². The molecular weight excluding hydrogens is 440 g/mol. The second-order valence-electron chi connectivity index (χ2n) is 10.4. The number of halogens is 1. The van der Waals surface area contributed by atoms with Crippen LogP contribution in [-0.4, -0.2) is 27.8 Å². The van der Waals surface area contributed by atoms with Gasteiger partial charge in [0, 0.05) is 20.1 Å². The molecule has 2 fully saturated rings. The van der Waals surface area contributed by atoms with Crippen molar-refractivity contribution in [2.75, 3.05) is 13.1 Å². The molecule has 1 aliphatic carbocycles. The van der Waals surface area contributed by atoms with Crippen LogP contribution < -0.4 is 0 Å². The van der Waals surface area contributed by atoms with E-state index in [2.05, 4.69) is 66.3 Å². The lowest BCUT2D eigenvalue weighted by Gasteiger charge is -2.26. The quantitative estimate of drug-likeness (QED) is 0.411. The summed E-state index contributed by atoms with van der Waals surface area (Å²) in [6.45, 7) is 7.53. The second-order valence-corrected chi connectivity index (χ2v) is 10.8. The number of aromatic nitrogens is 2. The van der Waals surface area contributed by atoms with E-state index in [9.17, 15) is 5.26 Å². The predicted molar refractivity (Wildman–Crippen MR) is 137 cm³/mol. The Balaban J connectivity index is 1.36. The van der Waals surface area contributed by atoms with Crippen LogP contribution in [0.2, 0.25) is 5.02 Å². The second kappa shape index (κ2) is 9.21. The summed E-state index contributed by atoms with van der Waals surface area (Å²) < 4.78 is 2.02. The first-order valence-corrected chi connectivity index (χ1v) is 12.7. The predicted octanol–water partition coefficient (Wildman–Crippen LogP) is 6.19. The van der Waals surface area contributed by atoms with E-state index in [4.69, 9.17) is 11.6 Å². The lowest BCUT2D eigenvalue weighted by atomic mass is 9.79. The Kier molecular flexibility index (Phi) is 6.27. The van der Waals surface area contributed by atoms with E-state index in [1.54, 1.807) is 0 Å². The molecule has 1 saturated carbocycles. The summed E-state index contributed by atoms with van der Waals surface area (Å²) in [6.07, 6.45) is 4.77. The van der Waals surface area contributed by atoms with Gasteiger partial charge in [0.2, 0.25) is 0 Å². The number of nitrogens with zero attached hydrogens (tertiary/aromatic N) is 4. The lowest BCUT2D eigenvalue weighted by Crippen LogP contribution is -2.26. The first-order chi connectivity index (χ1) is 16.4. The molecule has 3 atom stereocenters. The Labute approximate surface area is 208 Å². The van der Waals surface area contributed by atoms with Crippen molar-refractivity contribution in [2.24, 2.45) is 18.4 Å². The van der Waals surface area contributed by atoms with Crippen LogP contribution in [0.25, 0.3) is 0 Å². The van der Waals surface area contributed by atoms with Crippen molar-refractivity contribution in [2.45, 2.75) is 52.0 Å². The van der Waals surface area contributed by atoms with Gasteiger partial charge in [-0.2, -0.15) is 10.4 Å². The topological polar surface area (TPSA) is 44.9 Å². The minimum atomic E-state index is 0.302. The molecule has 0 bridgehead atoms. The number of aryl methyl sites for hydroxylation is 4. The van der Waals surface area contributed by atoms with Crippen LogP contribution in [0.15, 0.2) is 48.5 Å². The van der Waals surface area contributed by atoms with Crippen molar-refractivity contribution in [3.63, 3.8) is 0 Å². The monoisotopic (exact) mass is 472 g/mol. The molecule has 3 aromatic rings. The largest absolute Gasteiger partial charge is 0.297 e. The SMILES string of the molecule is Cc1cc(CN2CC[C@H](C3(CCc4ccccc4C)CC3c3ccc(C#N)c(Cl)c3)C2)n(C)n1. The average molecular weight is 473 g/mol. The summed E-state index contributed by atoms with van der Waals surface area (Å²) in [6, 6.07) is 19.3. The summed E-state index contributed by atoms with van der Waals surface area (Å²) in [4.78, 5) is 2.61. The molecular formula is C29H33ClN4. The third kappa shape index (κ3) is 4.40. The van der Waals surface area contributed by atoms with E-state index in [0.29, 0.717) is 27.8 Å². The first kappa shape index (κ1) is 23.1. The lowest BCUT2D eigenvalue weighted by molar-refractivity contribution is 0.248. The van der Waals surface area contributed by atoms with Gasteiger partial charge in [0.25, 0.3) is 0 Å². The van der Waals surface area contributed by atoms with E-state index in [-0.39, 0.29) is 0 Å². The Hall–Kier alpha value is -2.61. The summed E-state index contributed by atoms with van der Waals surface area (Å²) in [5.41, 5.74) is 7.39. The highest BCUT2D eigenvalue weighted by Crippen LogP contribution is 2.68. The molecule has 5 rings (SSSR count). The molecule has 0 radical (unpaired) electrons. The summed E-state index contributed by atoms with van der Waals surface area (Å²) in [7, 11) is 2.05.